The summed E-state index contributed by atoms with van der Waals surface area (Å²) in [5.74, 6) is -0.438. The summed E-state index contributed by atoms with van der Waals surface area (Å²) in [7, 11) is 1.84. The number of hydrogen-bond acceptors (Lipinski definition) is 6. The van der Waals surface area contributed by atoms with Gasteiger partial charge in [0.1, 0.15) is 5.56 Å². The highest BCUT2D eigenvalue weighted by Crippen LogP contribution is 2.35. The van der Waals surface area contributed by atoms with Crippen molar-refractivity contribution in [2.75, 3.05) is 31.1 Å². The maximum absolute atomic E-state index is 12.6. The zero-order chi connectivity index (χ0) is 19.6. The highest BCUT2D eigenvalue weighted by atomic mass is 16.5. The molecule has 1 fully saturated rings. The molecule has 8 nitrogen and oxygen atoms in total. The molecule has 146 valence electrons. The Hall–Kier alpha value is -2.64. The van der Waals surface area contributed by atoms with Gasteiger partial charge in [-0.05, 0) is 33.6 Å². The number of aryl methyl sites for hydroxylation is 2. The summed E-state index contributed by atoms with van der Waals surface area (Å²) >= 11 is 0. The van der Waals surface area contributed by atoms with Crippen LogP contribution in [-0.4, -0.2) is 52.9 Å². The fraction of sp³-hybridized carbons (Fsp3) is 0.579. The van der Waals surface area contributed by atoms with Crippen LogP contribution in [0, 0.1) is 12.8 Å². The van der Waals surface area contributed by atoms with Crippen LogP contribution in [0.25, 0.3) is 11.0 Å². The van der Waals surface area contributed by atoms with Gasteiger partial charge in [0.05, 0.1) is 29.3 Å². The van der Waals surface area contributed by atoms with Gasteiger partial charge in [0.25, 0.3) is 0 Å². The van der Waals surface area contributed by atoms with Gasteiger partial charge in [0, 0.05) is 32.9 Å². The first kappa shape index (κ1) is 19.1. The quantitative estimate of drug-likeness (QED) is 0.804. The number of amides is 1. The van der Waals surface area contributed by atoms with Gasteiger partial charge in [-0.3, -0.25) is 9.48 Å². The van der Waals surface area contributed by atoms with Crippen molar-refractivity contribution >= 4 is 28.6 Å². The number of hydrogen-bond donors (Lipinski definition) is 1. The molecule has 1 saturated heterocycles. The number of pyridine rings is 1. The molecule has 27 heavy (non-hydrogen) atoms. The number of nitrogens with one attached hydrogen (secondary N) is 1. The second-order valence-electron chi connectivity index (χ2n) is 6.83. The van der Waals surface area contributed by atoms with Crippen LogP contribution in [0.2, 0.25) is 0 Å². The average Bonchev–Trinajstić information content (AvgIpc) is 2.95. The molecular formula is C19H27N5O3. The largest absolute Gasteiger partial charge is 0.462 e. The van der Waals surface area contributed by atoms with Crippen LogP contribution in [0.4, 0.5) is 5.69 Å². The van der Waals surface area contributed by atoms with Gasteiger partial charge in [0.2, 0.25) is 5.91 Å². The van der Waals surface area contributed by atoms with Crippen LogP contribution in [0.1, 0.15) is 42.7 Å². The lowest BCUT2D eigenvalue weighted by atomic mass is 9.95. The SMILES string of the molecule is CCNC(=O)C1CCCN(c2c(C(=O)OCC)cnc3c2c(C)nn3C)C1. The molecule has 1 aliphatic rings. The predicted octanol–water partition coefficient (Wildman–Crippen LogP) is 1.81. The van der Waals surface area contributed by atoms with Crippen molar-refractivity contribution in [1.29, 1.82) is 0 Å². The van der Waals surface area contributed by atoms with Gasteiger partial charge in [0.15, 0.2) is 5.65 Å². The Balaban J connectivity index is 2.08. The van der Waals surface area contributed by atoms with Crippen molar-refractivity contribution in [3.8, 4) is 0 Å². The molecule has 1 atom stereocenters. The molecule has 1 unspecified atom stereocenters. The highest BCUT2D eigenvalue weighted by molar-refractivity contribution is 6.05. The number of rotatable bonds is 5. The van der Waals surface area contributed by atoms with E-state index in [1.165, 1.54) is 0 Å². The summed E-state index contributed by atoms with van der Waals surface area (Å²) in [5.41, 5.74) is 2.73. The number of nitrogens with zero attached hydrogens (tertiary/aromatic N) is 4. The zero-order valence-electron chi connectivity index (χ0n) is 16.4. The van der Waals surface area contributed by atoms with Gasteiger partial charge in [-0.15, -0.1) is 0 Å². The molecular weight excluding hydrogens is 346 g/mol. The Kier molecular flexibility index (Phi) is 5.62. The standard InChI is InChI=1S/C19H27N5O3/c1-5-20-18(25)13-8-7-9-24(11-13)16-14(19(26)27-6-2)10-21-17-15(16)12(3)22-23(17)4/h10,13H,5-9,11H2,1-4H3,(H,20,25). The summed E-state index contributed by atoms with van der Waals surface area (Å²) in [6.07, 6.45) is 3.29. The lowest BCUT2D eigenvalue weighted by molar-refractivity contribution is -0.125. The minimum absolute atomic E-state index is 0.0630. The Labute approximate surface area is 158 Å². The number of ether oxygens (including phenoxy) is 1. The molecule has 1 aliphatic heterocycles. The highest BCUT2D eigenvalue weighted by Gasteiger charge is 2.31. The molecule has 2 aromatic rings. The normalized spacial score (nSPS) is 17.2. The van der Waals surface area contributed by atoms with E-state index < -0.39 is 5.97 Å². The Morgan fingerprint density at radius 2 is 2.15 bits per heavy atom. The van der Waals surface area contributed by atoms with Crippen LogP contribution in [0.15, 0.2) is 6.20 Å². The summed E-state index contributed by atoms with van der Waals surface area (Å²) in [5, 5.41) is 8.23. The lowest BCUT2D eigenvalue weighted by Gasteiger charge is -2.35. The molecule has 1 amide bonds. The van der Waals surface area contributed by atoms with Gasteiger partial charge in [-0.2, -0.15) is 5.10 Å². The number of aromatic nitrogens is 3. The predicted molar refractivity (Wildman–Crippen MR) is 103 cm³/mol. The molecule has 0 spiro atoms. The molecule has 0 saturated carbocycles. The van der Waals surface area contributed by atoms with Crippen molar-refractivity contribution in [2.24, 2.45) is 13.0 Å². The molecule has 0 bridgehead atoms. The molecule has 0 radical (unpaired) electrons. The van der Waals surface area contributed by atoms with Gasteiger partial charge >= 0.3 is 5.97 Å². The molecule has 0 aromatic carbocycles. The molecule has 3 rings (SSSR count). The van der Waals surface area contributed by atoms with E-state index in [2.05, 4.69) is 20.3 Å². The smallest absolute Gasteiger partial charge is 0.341 e. The zero-order valence-corrected chi connectivity index (χ0v) is 16.4. The second kappa shape index (κ2) is 7.94. The topological polar surface area (TPSA) is 89.3 Å². The number of esters is 1. The second-order valence-corrected chi connectivity index (χ2v) is 6.83. The Bertz CT molecular complexity index is 861. The summed E-state index contributed by atoms with van der Waals surface area (Å²) in [6, 6.07) is 0. The van der Waals surface area contributed by atoms with E-state index in [4.69, 9.17) is 4.74 Å². The average molecular weight is 373 g/mol. The third-order valence-corrected chi connectivity index (χ3v) is 4.95. The number of fused-ring (bicyclic) bond motifs is 1. The fourth-order valence-corrected chi connectivity index (χ4v) is 3.79. The lowest BCUT2D eigenvalue weighted by Crippen LogP contribution is -2.43. The van der Waals surface area contributed by atoms with Crippen molar-refractivity contribution in [3.63, 3.8) is 0 Å². The van der Waals surface area contributed by atoms with E-state index in [0.29, 0.717) is 25.3 Å². The van der Waals surface area contributed by atoms with Crippen molar-refractivity contribution in [1.82, 2.24) is 20.1 Å². The number of piperidine rings is 1. The first-order valence-electron chi connectivity index (χ1n) is 9.49. The maximum Gasteiger partial charge on any atom is 0.341 e. The van der Waals surface area contributed by atoms with Gasteiger partial charge < -0.3 is 15.0 Å². The first-order valence-corrected chi connectivity index (χ1v) is 9.49. The van der Waals surface area contributed by atoms with E-state index in [-0.39, 0.29) is 11.8 Å². The summed E-state index contributed by atoms with van der Waals surface area (Å²) in [4.78, 5) is 31.5. The molecule has 8 heteroatoms. The maximum atomic E-state index is 12.6. The van der Waals surface area contributed by atoms with Crippen molar-refractivity contribution in [3.05, 3.63) is 17.5 Å². The van der Waals surface area contributed by atoms with Crippen LogP contribution in [-0.2, 0) is 16.6 Å². The van der Waals surface area contributed by atoms with Crippen LogP contribution in [0.5, 0.6) is 0 Å². The monoisotopic (exact) mass is 373 g/mol. The third kappa shape index (κ3) is 3.61. The van der Waals surface area contributed by atoms with E-state index in [1.54, 1.807) is 17.8 Å². The minimum atomic E-state index is -0.398. The molecule has 2 aromatic heterocycles. The van der Waals surface area contributed by atoms with E-state index in [1.807, 2.05) is 20.9 Å². The fourth-order valence-electron chi connectivity index (χ4n) is 3.79. The van der Waals surface area contributed by atoms with E-state index in [9.17, 15) is 9.59 Å². The first-order chi connectivity index (χ1) is 13.0. The number of anilines is 1. The van der Waals surface area contributed by atoms with E-state index in [0.717, 1.165) is 41.8 Å². The Morgan fingerprint density at radius 1 is 1.37 bits per heavy atom. The number of carbonyl (C=O) groups excluding carboxylic acids is 2. The van der Waals surface area contributed by atoms with Crippen molar-refractivity contribution in [2.45, 2.75) is 33.6 Å². The molecule has 3 heterocycles. The summed E-state index contributed by atoms with van der Waals surface area (Å²) in [6.45, 7) is 7.86. The van der Waals surface area contributed by atoms with Gasteiger partial charge in [-0.25, -0.2) is 9.78 Å². The number of carbonyl (C=O) groups is 2. The van der Waals surface area contributed by atoms with Crippen LogP contribution in [0.3, 0.4) is 0 Å². The minimum Gasteiger partial charge on any atom is -0.462 e. The molecule has 0 aliphatic carbocycles. The third-order valence-electron chi connectivity index (χ3n) is 4.95. The van der Waals surface area contributed by atoms with E-state index >= 15 is 0 Å². The Morgan fingerprint density at radius 3 is 2.85 bits per heavy atom. The summed E-state index contributed by atoms with van der Waals surface area (Å²) < 4.78 is 6.97. The van der Waals surface area contributed by atoms with Crippen LogP contribution < -0.4 is 10.2 Å². The van der Waals surface area contributed by atoms with Crippen LogP contribution >= 0.6 is 0 Å². The van der Waals surface area contributed by atoms with Crippen molar-refractivity contribution < 1.29 is 14.3 Å². The molecule has 1 N–H and O–H groups in total. The van der Waals surface area contributed by atoms with Gasteiger partial charge in [-0.1, -0.05) is 0 Å².